The number of hydrogen-bond donors (Lipinski definition) is 3. The van der Waals surface area contributed by atoms with E-state index in [1.165, 1.54) is 18.2 Å². The number of nitrogen functional groups attached to an aromatic ring is 1. The van der Waals surface area contributed by atoms with Gasteiger partial charge in [-0.25, -0.2) is 9.78 Å². The minimum absolute atomic E-state index is 0.114. The molecule has 0 fully saturated rings. The Kier molecular flexibility index (Phi) is 5.12. The van der Waals surface area contributed by atoms with E-state index in [4.69, 9.17) is 5.73 Å². The van der Waals surface area contributed by atoms with Crippen LogP contribution in [0.5, 0.6) is 5.75 Å². The van der Waals surface area contributed by atoms with Crippen LogP contribution in [0.3, 0.4) is 0 Å². The van der Waals surface area contributed by atoms with Crippen molar-refractivity contribution in [3.05, 3.63) is 73.2 Å². The van der Waals surface area contributed by atoms with Gasteiger partial charge in [-0.3, -0.25) is 0 Å². The molecule has 0 aliphatic heterocycles. The highest BCUT2D eigenvalue weighted by molar-refractivity contribution is 6.01. The SMILES string of the molecule is Nc1ncn2cccc(-c3ccc(NC(=O)Nc4ccccc4OC(F)(F)F)cc3)c12. The van der Waals surface area contributed by atoms with Crippen LogP contribution in [-0.2, 0) is 0 Å². The normalized spacial score (nSPS) is 11.3. The lowest BCUT2D eigenvalue weighted by Crippen LogP contribution is -2.22. The van der Waals surface area contributed by atoms with Crippen molar-refractivity contribution in [3.63, 3.8) is 0 Å². The number of nitrogens with zero attached hydrogens (tertiary/aromatic N) is 2. The molecular formula is C21H16F3N5O2. The van der Waals surface area contributed by atoms with Crippen LogP contribution in [0.15, 0.2) is 73.2 Å². The Bertz CT molecular complexity index is 1240. The second kappa shape index (κ2) is 7.90. The molecule has 0 atom stereocenters. The number of ether oxygens (including phenoxy) is 1. The van der Waals surface area contributed by atoms with Crippen molar-refractivity contribution in [2.45, 2.75) is 6.36 Å². The first-order valence-electron chi connectivity index (χ1n) is 9.04. The van der Waals surface area contributed by atoms with E-state index >= 15 is 0 Å². The van der Waals surface area contributed by atoms with Crippen LogP contribution in [0.1, 0.15) is 0 Å². The fourth-order valence-corrected chi connectivity index (χ4v) is 3.11. The van der Waals surface area contributed by atoms with Gasteiger partial charge >= 0.3 is 12.4 Å². The van der Waals surface area contributed by atoms with E-state index in [2.05, 4.69) is 20.4 Å². The van der Waals surface area contributed by atoms with Crippen LogP contribution >= 0.6 is 0 Å². The predicted octanol–water partition coefficient (Wildman–Crippen LogP) is 5.13. The summed E-state index contributed by atoms with van der Waals surface area (Å²) in [5.41, 5.74) is 8.78. The quantitative estimate of drug-likeness (QED) is 0.421. The summed E-state index contributed by atoms with van der Waals surface area (Å²) in [5.74, 6) is -0.107. The minimum Gasteiger partial charge on any atom is -0.404 e. The number of benzene rings is 2. The molecule has 2 aromatic heterocycles. The Labute approximate surface area is 174 Å². The number of nitrogens with one attached hydrogen (secondary N) is 2. The number of halogens is 3. The topological polar surface area (TPSA) is 93.7 Å². The molecule has 0 radical (unpaired) electrons. The van der Waals surface area contributed by atoms with E-state index in [0.717, 1.165) is 22.7 Å². The van der Waals surface area contributed by atoms with E-state index in [1.54, 1.807) is 30.6 Å². The maximum Gasteiger partial charge on any atom is 0.573 e. The van der Waals surface area contributed by atoms with E-state index in [-0.39, 0.29) is 5.69 Å². The molecule has 0 saturated heterocycles. The zero-order valence-corrected chi connectivity index (χ0v) is 15.9. The highest BCUT2D eigenvalue weighted by atomic mass is 19.4. The Morgan fingerprint density at radius 1 is 1.00 bits per heavy atom. The Morgan fingerprint density at radius 2 is 1.74 bits per heavy atom. The first-order chi connectivity index (χ1) is 14.8. The molecule has 4 N–H and O–H groups in total. The molecule has 2 heterocycles. The zero-order valence-electron chi connectivity index (χ0n) is 15.9. The van der Waals surface area contributed by atoms with Gasteiger partial charge < -0.3 is 25.5 Å². The average molecular weight is 427 g/mol. The second-order valence-corrected chi connectivity index (χ2v) is 6.51. The van der Waals surface area contributed by atoms with Gasteiger partial charge in [0.1, 0.15) is 12.1 Å². The number of rotatable bonds is 4. The van der Waals surface area contributed by atoms with Crippen molar-refractivity contribution in [2.24, 2.45) is 0 Å². The number of hydrogen-bond acceptors (Lipinski definition) is 4. The summed E-state index contributed by atoms with van der Waals surface area (Å²) in [7, 11) is 0. The summed E-state index contributed by atoms with van der Waals surface area (Å²) in [6, 6.07) is 15.2. The molecule has 2 aromatic carbocycles. The van der Waals surface area contributed by atoms with Gasteiger partial charge in [-0.05, 0) is 35.9 Å². The summed E-state index contributed by atoms with van der Waals surface area (Å²) in [6.07, 6.45) is -1.41. The molecule has 0 spiro atoms. The Hall–Kier alpha value is -4.21. The third kappa shape index (κ3) is 4.53. The van der Waals surface area contributed by atoms with Crippen LogP contribution < -0.4 is 21.1 Å². The molecule has 158 valence electrons. The lowest BCUT2D eigenvalue weighted by molar-refractivity contribution is -0.274. The first kappa shape index (κ1) is 20.1. The van der Waals surface area contributed by atoms with Crippen LogP contribution in [0.2, 0.25) is 0 Å². The molecule has 0 aliphatic rings. The molecule has 7 nitrogen and oxygen atoms in total. The number of amides is 2. The van der Waals surface area contributed by atoms with Crippen molar-refractivity contribution in [3.8, 4) is 16.9 Å². The van der Waals surface area contributed by atoms with Gasteiger partial charge in [-0.15, -0.1) is 13.2 Å². The molecule has 0 bridgehead atoms. The highest BCUT2D eigenvalue weighted by Gasteiger charge is 2.32. The minimum atomic E-state index is -4.87. The van der Waals surface area contributed by atoms with E-state index < -0.39 is 18.1 Å². The number of urea groups is 1. The van der Waals surface area contributed by atoms with Gasteiger partial charge in [0.25, 0.3) is 0 Å². The van der Waals surface area contributed by atoms with E-state index in [9.17, 15) is 18.0 Å². The fraction of sp³-hybridized carbons (Fsp3) is 0.0476. The van der Waals surface area contributed by atoms with Crippen LogP contribution in [0.25, 0.3) is 16.6 Å². The number of aromatic nitrogens is 2. The Balaban J connectivity index is 1.49. The van der Waals surface area contributed by atoms with Crippen molar-refractivity contribution < 1.29 is 22.7 Å². The molecule has 4 aromatic rings. The van der Waals surface area contributed by atoms with Gasteiger partial charge in [-0.1, -0.05) is 30.3 Å². The number of imidazole rings is 1. The van der Waals surface area contributed by atoms with Crippen LogP contribution in [0, 0.1) is 0 Å². The number of carbonyl (C=O) groups is 1. The lowest BCUT2D eigenvalue weighted by atomic mass is 10.1. The molecule has 10 heteroatoms. The summed E-state index contributed by atoms with van der Waals surface area (Å²) >= 11 is 0. The van der Waals surface area contributed by atoms with Crippen molar-refractivity contribution in [2.75, 3.05) is 16.4 Å². The second-order valence-electron chi connectivity index (χ2n) is 6.51. The van der Waals surface area contributed by atoms with Crippen molar-refractivity contribution in [1.29, 1.82) is 0 Å². The molecule has 0 aliphatic carbocycles. The number of pyridine rings is 1. The summed E-state index contributed by atoms with van der Waals surface area (Å²) < 4.78 is 43.3. The highest BCUT2D eigenvalue weighted by Crippen LogP contribution is 2.31. The maximum absolute atomic E-state index is 12.5. The third-order valence-corrected chi connectivity index (χ3v) is 4.40. The predicted molar refractivity (Wildman–Crippen MR) is 111 cm³/mol. The van der Waals surface area contributed by atoms with Gasteiger partial charge in [0.2, 0.25) is 0 Å². The smallest absolute Gasteiger partial charge is 0.404 e. The van der Waals surface area contributed by atoms with Crippen molar-refractivity contribution >= 4 is 28.7 Å². The maximum atomic E-state index is 12.5. The lowest BCUT2D eigenvalue weighted by Gasteiger charge is -2.14. The third-order valence-electron chi connectivity index (χ3n) is 4.40. The molecule has 0 saturated carbocycles. The monoisotopic (exact) mass is 427 g/mol. The number of anilines is 3. The standard InChI is InChI=1S/C21H16F3N5O2/c22-21(23,24)31-17-6-2-1-5-16(17)28-20(30)27-14-9-7-13(8-10-14)15-4-3-11-29-12-26-19(25)18(15)29/h1-12H,25H2,(H2,27,28,30). The first-order valence-corrected chi connectivity index (χ1v) is 9.04. The van der Waals surface area contributed by atoms with Gasteiger partial charge in [-0.2, -0.15) is 0 Å². The molecule has 4 rings (SSSR count). The number of para-hydroxylation sites is 2. The molecule has 0 unspecified atom stereocenters. The van der Waals surface area contributed by atoms with Crippen LogP contribution in [-0.4, -0.2) is 21.8 Å². The summed E-state index contributed by atoms with van der Waals surface area (Å²) in [5, 5.41) is 4.93. The fourth-order valence-electron chi connectivity index (χ4n) is 3.11. The van der Waals surface area contributed by atoms with E-state index in [1.807, 2.05) is 22.7 Å². The number of carbonyl (C=O) groups excluding carboxylic acids is 1. The molecule has 31 heavy (non-hydrogen) atoms. The number of fused-ring (bicyclic) bond motifs is 1. The number of nitrogens with two attached hydrogens (primary N) is 1. The van der Waals surface area contributed by atoms with Crippen LogP contribution in [0.4, 0.5) is 35.2 Å². The average Bonchev–Trinajstić information content (AvgIpc) is 3.10. The Morgan fingerprint density at radius 3 is 2.48 bits per heavy atom. The van der Waals surface area contributed by atoms with Crippen molar-refractivity contribution in [1.82, 2.24) is 9.38 Å². The molecular weight excluding hydrogens is 411 g/mol. The van der Waals surface area contributed by atoms with Gasteiger partial charge in [0, 0.05) is 17.4 Å². The summed E-state index contributed by atoms with van der Waals surface area (Å²) in [6.45, 7) is 0. The largest absolute Gasteiger partial charge is 0.573 e. The van der Waals surface area contributed by atoms with Gasteiger partial charge in [0.15, 0.2) is 5.75 Å². The van der Waals surface area contributed by atoms with E-state index in [0.29, 0.717) is 11.5 Å². The molecule has 2 amide bonds. The number of alkyl halides is 3. The summed E-state index contributed by atoms with van der Waals surface area (Å²) in [4.78, 5) is 16.4. The zero-order chi connectivity index (χ0) is 22.0. The van der Waals surface area contributed by atoms with Gasteiger partial charge in [0.05, 0.1) is 11.2 Å².